The maximum Gasteiger partial charge on any atom is 0.340 e. The van der Waals surface area contributed by atoms with Crippen LogP contribution in [0.1, 0.15) is 35.2 Å². The molecule has 116 valence electrons. The number of carbonyl (C=O) groups is 1. The minimum atomic E-state index is -0.392. The molecule has 0 unspecified atom stereocenters. The molecule has 1 aromatic rings. The summed E-state index contributed by atoms with van der Waals surface area (Å²) in [6.07, 6.45) is 3.75. The minimum absolute atomic E-state index is 0.392. The summed E-state index contributed by atoms with van der Waals surface area (Å²) in [4.78, 5) is 14.2. The summed E-state index contributed by atoms with van der Waals surface area (Å²) in [6.45, 7) is 6.38. The van der Waals surface area contributed by atoms with Gasteiger partial charge in [0.1, 0.15) is 0 Å². The molecule has 0 bridgehead atoms. The Bertz CT molecular complexity index is 497. The lowest BCUT2D eigenvalue weighted by atomic mass is 10.1. The zero-order chi connectivity index (χ0) is 15.2. The van der Waals surface area contributed by atoms with Crippen molar-refractivity contribution in [3.05, 3.63) is 23.3 Å². The smallest absolute Gasteiger partial charge is 0.340 e. The molecular formula is C16H25N3O2. The fraction of sp³-hybridized carbons (Fsp3) is 0.562. The molecule has 21 heavy (non-hydrogen) atoms. The summed E-state index contributed by atoms with van der Waals surface area (Å²) in [7, 11) is 1.37. The van der Waals surface area contributed by atoms with Crippen LogP contribution in [0, 0.1) is 6.92 Å². The first-order chi connectivity index (χ1) is 10.1. The molecule has 0 amide bonds. The molecular weight excluding hydrogens is 266 g/mol. The van der Waals surface area contributed by atoms with Crippen LogP contribution in [0.5, 0.6) is 0 Å². The average molecular weight is 291 g/mol. The highest BCUT2D eigenvalue weighted by Crippen LogP contribution is 2.23. The lowest BCUT2D eigenvalue weighted by molar-refractivity contribution is 0.0602. The van der Waals surface area contributed by atoms with Crippen molar-refractivity contribution in [2.45, 2.75) is 26.2 Å². The zero-order valence-corrected chi connectivity index (χ0v) is 12.9. The van der Waals surface area contributed by atoms with E-state index >= 15 is 0 Å². The summed E-state index contributed by atoms with van der Waals surface area (Å²) in [5.74, 6) is -0.392. The van der Waals surface area contributed by atoms with Gasteiger partial charge in [-0.15, -0.1) is 0 Å². The Balaban J connectivity index is 1.90. The van der Waals surface area contributed by atoms with E-state index in [0.717, 1.165) is 30.8 Å². The number of anilines is 2. The number of nitrogens with two attached hydrogens (primary N) is 1. The van der Waals surface area contributed by atoms with Crippen molar-refractivity contribution in [2.75, 3.05) is 44.3 Å². The van der Waals surface area contributed by atoms with E-state index in [0.29, 0.717) is 11.3 Å². The molecule has 1 aliphatic rings. The Morgan fingerprint density at radius 3 is 2.76 bits per heavy atom. The van der Waals surface area contributed by atoms with Crippen molar-refractivity contribution in [3.8, 4) is 0 Å². The highest BCUT2D eigenvalue weighted by atomic mass is 16.5. The zero-order valence-electron chi connectivity index (χ0n) is 12.9. The van der Waals surface area contributed by atoms with E-state index in [9.17, 15) is 4.79 Å². The van der Waals surface area contributed by atoms with Crippen LogP contribution in [-0.2, 0) is 4.74 Å². The van der Waals surface area contributed by atoms with Crippen LogP contribution in [0.15, 0.2) is 12.1 Å². The third-order valence-electron chi connectivity index (χ3n) is 3.97. The summed E-state index contributed by atoms with van der Waals surface area (Å²) in [5, 5.41) is 3.37. The Morgan fingerprint density at radius 1 is 1.38 bits per heavy atom. The van der Waals surface area contributed by atoms with Crippen LogP contribution < -0.4 is 11.1 Å². The largest absolute Gasteiger partial charge is 0.465 e. The van der Waals surface area contributed by atoms with Crippen molar-refractivity contribution in [1.29, 1.82) is 0 Å². The van der Waals surface area contributed by atoms with Crippen molar-refractivity contribution in [3.63, 3.8) is 0 Å². The molecule has 3 N–H and O–H groups in total. The maximum absolute atomic E-state index is 11.7. The molecule has 0 aliphatic carbocycles. The van der Waals surface area contributed by atoms with Crippen molar-refractivity contribution >= 4 is 17.3 Å². The second-order valence-electron chi connectivity index (χ2n) is 5.58. The van der Waals surface area contributed by atoms with E-state index in [-0.39, 0.29) is 0 Å². The molecule has 1 saturated heterocycles. The van der Waals surface area contributed by atoms with Crippen LogP contribution in [-0.4, -0.2) is 44.2 Å². The molecule has 1 fully saturated rings. The van der Waals surface area contributed by atoms with Gasteiger partial charge in [0.15, 0.2) is 0 Å². The van der Waals surface area contributed by atoms with Crippen LogP contribution >= 0.6 is 0 Å². The normalized spacial score (nSPS) is 15.1. The second-order valence-corrected chi connectivity index (χ2v) is 5.58. The van der Waals surface area contributed by atoms with Crippen molar-refractivity contribution in [1.82, 2.24) is 4.90 Å². The van der Waals surface area contributed by atoms with Gasteiger partial charge in [0, 0.05) is 17.9 Å². The first-order valence-corrected chi connectivity index (χ1v) is 7.56. The minimum Gasteiger partial charge on any atom is -0.465 e. The van der Waals surface area contributed by atoms with Crippen LogP contribution in [0.2, 0.25) is 0 Å². The molecule has 0 radical (unpaired) electrons. The van der Waals surface area contributed by atoms with E-state index in [1.165, 1.54) is 33.0 Å². The first kappa shape index (κ1) is 15.6. The van der Waals surface area contributed by atoms with Gasteiger partial charge in [-0.1, -0.05) is 0 Å². The number of hydrogen-bond donors (Lipinski definition) is 2. The van der Waals surface area contributed by atoms with E-state index in [2.05, 4.69) is 10.2 Å². The number of ether oxygens (including phenoxy) is 1. The van der Waals surface area contributed by atoms with Gasteiger partial charge < -0.3 is 20.7 Å². The van der Waals surface area contributed by atoms with E-state index in [1.54, 1.807) is 6.07 Å². The molecule has 0 spiro atoms. The number of nitrogen functional groups attached to an aromatic ring is 1. The number of aryl methyl sites for hydroxylation is 1. The third-order valence-corrected chi connectivity index (χ3v) is 3.97. The number of carbonyl (C=O) groups excluding carboxylic acids is 1. The number of hydrogen-bond acceptors (Lipinski definition) is 5. The third kappa shape index (κ3) is 4.11. The summed E-state index contributed by atoms with van der Waals surface area (Å²) in [5.41, 5.74) is 8.66. The standard InChI is InChI=1S/C16H25N3O2/c1-12-10-13(11-14(15(12)17)16(20)21-2)18-6-5-9-19-7-3-4-8-19/h10-11,18H,3-9,17H2,1-2H3. The molecule has 0 atom stereocenters. The van der Waals surface area contributed by atoms with Crippen molar-refractivity contribution in [2.24, 2.45) is 0 Å². The van der Waals surface area contributed by atoms with E-state index in [4.69, 9.17) is 10.5 Å². The molecule has 1 heterocycles. The Labute approximate surface area is 126 Å². The number of rotatable bonds is 6. The van der Waals surface area contributed by atoms with Crippen molar-refractivity contribution < 1.29 is 9.53 Å². The molecule has 0 saturated carbocycles. The fourth-order valence-electron chi connectivity index (χ4n) is 2.72. The van der Waals surface area contributed by atoms with Gasteiger partial charge in [0.05, 0.1) is 12.7 Å². The molecule has 1 aromatic carbocycles. The molecule has 5 nitrogen and oxygen atoms in total. The number of methoxy groups -OCH3 is 1. The number of nitrogens with zero attached hydrogens (tertiary/aromatic N) is 1. The first-order valence-electron chi connectivity index (χ1n) is 7.56. The van der Waals surface area contributed by atoms with Gasteiger partial charge in [0.2, 0.25) is 0 Å². The summed E-state index contributed by atoms with van der Waals surface area (Å²) >= 11 is 0. The summed E-state index contributed by atoms with van der Waals surface area (Å²) in [6, 6.07) is 3.74. The van der Waals surface area contributed by atoms with E-state index < -0.39 is 5.97 Å². The van der Waals surface area contributed by atoms with Crippen LogP contribution in [0.4, 0.5) is 11.4 Å². The Morgan fingerprint density at radius 2 is 2.10 bits per heavy atom. The maximum atomic E-state index is 11.7. The highest BCUT2D eigenvalue weighted by molar-refractivity contribution is 5.97. The number of nitrogens with one attached hydrogen (secondary N) is 1. The number of benzene rings is 1. The van der Waals surface area contributed by atoms with Crippen LogP contribution in [0.25, 0.3) is 0 Å². The van der Waals surface area contributed by atoms with Gasteiger partial charge in [0.25, 0.3) is 0 Å². The predicted molar refractivity (Wildman–Crippen MR) is 85.7 cm³/mol. The highest BCUT2D eigenvalue weighted by Gasteiger charge is 2.14. The average Bonchev–Trinajstić information content (AvgIpc) is 2.99. The number of esters is 1. The second kappa shape index (κ2) is 7.31. The Hall–Kier alpha value is -1.75. The molecule has 5 heteroatoms. The Kier molecular flexibility index (Phi) is 5.44. The van der Waals surface area contributed by atoms with E-state index in [1.807, 2.05) is 13.0 Å². The molecule has 0 aromatic heterocycles. The van der Waals surface area contributed by atoms with Crippen LogP contribution in [0.3, 0.4) is 0 Å². The topological polar surface area (TPSA) is 67.6 Å². The van der Waals surface area contributed by atoms with Gasteiger partial charge >= 0.3 is 5.97 Å². The quantitative estimate of drug-likeness (QED) is 0.478. The monoisotopic (exact) mass is 291 g/mol. The predicted octanol–water partition coefficient (Wildman–Crippen LogP) is 2.26. The van der Waals surface area contributed by atoms with Gasteiger partial charge in [-0.05, 0) is 63.5 Å². The lowest BCUT2D eigenvalue weighted by Crippen LogP contribution is -2.22. The van der Waals surface area contributed by atoms with Gasteiger partial charge in [-0.2, -0.15) is 0 Å². The number of likely N-dealkylation sites (tertiary alicyclic amines) is 1. The summed E-state index contributed by atoms with van der Waals surface area (Å²) < 4.78 is 4.77. The van der Waals surface area contributed by atoms with Gasteiger partial charge in [-0.25, -0.2) is 4.79 Å². The van der Waals surface area contributed by atoms with Gasteiger partial charge in [-0.3, -0.25) is 0 Å². The SMILES string of the molecule is COC(=O)c1cc(NCCCN2CCCC2)cc(C)c1N. The lowest BCUT2D eigenvalue weighted by Gasteiger charge is -2.15. The fourth-order valence-corrected chi connectivity index (χ4v) is 2.72. The molecule has 2 rings (SSSR count). The molecule has 1 aliphatic heterocycles.